The fourth-order valence-corrected chi connectivity index (χ4v) is 3.27. The number of oxime groups is 1. The Labute approximate surface area is 166 Å². The summed E-state index contributed by atoms with van der Waals surface area (Å²) in [7, 11) is 0. The SMILES string of the molecule is CCO[C@@H](Cc1cccc(C2=NOC(c3ccc(I)cc3)C2)c1)C(=O)O. The molecular weight excluding hydrogens is 445 g/mol. The third kappa shape index (κ3) is 4.62. The Kier molecular flexibility index (Phi) is 6.26. The lowest BCUT2D eigenvalue weighted by atomic mass is 9.97. The van der Waals surface area contributed by atoms with Crippen molar-refractivity contribution in [2.24, 2.45) is 5.16 Å². The first-order valence-electron chi connectivity index (χ1n) is 8.48. The van der Waals surface area contributed by atoms with Crippen LogP contribution in [0.2, 0.25) is 0 Å². The van der Waals surface area contributed by atoms with E-state index in [1.165, 1.54) is 3.57 Å². The lowest BCUT2D eigenvalue weighted by molar-refractivity contribution is -0.149. The molecule has 0 amide bonds. The monoisotopic (exact) mass is 465 g/mol. The van der Waals surface area contributed by atoms with Crippen LogP contribution in [0.3, 0.4) is 0 Å². The van der Waals surface area contributed by atoms with Gasteiger partial charge in [0.2, 0.25) is 0 Å². The molecule has 0 aliphatic carbocycles. The molecule has 0 aromatic heterocycles. The van der Waals surface area contributed by atoms with E-state index in [-0.39, 0.29) is 6.10 Å². The second kappa shape index (κ2) is 8.64. The van der Waals surface area contributed by atoms with E-state index in [0.29, 0.717) is 19.4 Å². The van der Waals surface area contributed by atoms with E-state index in [4.69, 9.17) is 9.57 Å². The topological polar surface area (TPSA) is 68.1 Å². The van der Waals surface area contributed by atoms with Crippen LogP contribution in [0.4, 0.5) is 0 Å². The van der Waals surface area contributed by atoms with Crippen molar-refractivity contribution in [1.82, 2.24) is 0 Å². The van der Waals surface area contributed by atoms with Crippen molar-refractivity contribution in [2.75, 3.05) is 6.61 Å². The summed E-state index contributed by atoms with van der Waals surface area (Å²) in [4.78, 5) is 16.9. The van der Waals surface area contributed by atoms with Crippen molar-refractivity contribution < 1.29 is 19.5 Å². The summed E-state index contributed by atoms with van der Waals surface area (Å²) in [6.07, 6.45) is 0.0984. The van der Waals surface area contributed by atoms with Gasteiger partial charge in [-0.25, -0.2) is 4.79 Å². The maximum Gasteiger partial charge on any atom is 0.333 e. The van der Waals surface area contributed by atoms with Crippen LogP contribution in [0, 0.1) is 3.57 Å². The predicted molar refractivity (Wildman–Crippen MR) is 107 cm³/mol. The van der Waals surface area contributed by atoms with Crippen LogP contribution in [0.25, 0.3) is 0 Å². The number of carboxylic acids is 1. The molecule has 2 atom stereocenters. The van der Waals surface area contributed by atoms with E-state index in [2.05, 4.69) is 52.0 Å². The molecule has 0 bridgehead atoms. The van der Waals surface area contributed by atoms with Gasteiger partial charge in [-0.15, -0.1) is 0 Å². The Morgan fingerprint density at radius 1 is 1.35 bits per heavy atom. The van der Waals surface area contributed by atoms with E-state index in [9.17, 15) is 9.90 Å². The molecule has 2 aromatic carbocycles. The number of hydrogen-bond donors (Lipinski definition) is 1. The van der Waals surface area contributed by atoms with Gasteiger partial charge in [-0.05, 0) is 64.4 Å². The highest BCUT2D eigenvalue weighted by Gasteiger charge is 2.24. The summed E-state index contributed by atoms with van der Waals surface area (Å²) in [5.74, 6) is -0.947. The zero-order chi connectivity index (χ0) is 18.5. The van der Waals surface area contributed by atoms with Gasteiger partial charge in [-0.3, -0.25) is 0 Å². The summed E-state index contributed by atoms with van der Waals surface area (Å²) in [5, 5.41) is 13.5. The average molecular weight is 465 g/mol. The van der Waals surface area contributed by atoms with Crippen molar-refractivity contribution >= 4 is 34.3 Å². The van der Waals surface area contributed by atoms with Gasteiger partial charge in [0.25, 0.3) is 0 Å². The highest BCUT2D eigenvalue weighted by molar-refractivity contribution is 14.1. The number of benzene rings is 2. The second-order valence-corrected chi connectivity index (χ2v) is 7.32. The van der Waals surface area contributed by atoms with Gasteiger partial charge in [-0.2, -0.15) is 0 Å². The van der Waals surface area contributed by atoms with Gasteiger partial charge in [-0.1, -0.05) is 35.5 Å². The van der Waals surface area contributed by atoms with Gasteiger partial charge in [0.05, 0.1) is 5.71 Å². The molecule has 2 aromatic rings. The Morgan fingerprint density at radius 2 is 2.12 bits per heavy atom. The van der Waals surface area contributed by atoms with E-state index >= 15 is 0 Å². The van der Waals surface area contributed by atoms with Gasteiger partial charge in [0.1, 0.15) is 0 Å². The molecule has 6 heteroatoms. The van der Waals surface area contributed by atoms with Crippen molar-refractivity contribution in [3.05, 3.63) is 68.8 Å². The van der Waals surface area contributed by atoms with Crippen molar-refractivity contribution in [2.45, 2.75) is 32.0 Å². The number of halogens is 1. The molecule has 1 N–H and O–H groups in total. The molecule has 0 spiro atoms. The first-order chi connectivity index (χ1) is 12.6. The molecule has 26 heavy (non-hydrogen) atoms. The summed E-state index contributed by atoms with van der Waals surface area (Å²) >= 11 is 2.27. The normalized spacial score (nSPS) is 17.5. The number of hydrogen-bond acceptors (Lipinski definition) is 4. The van der Waals surface area contributed by atoms with Crippen molar-refractivity contribution in [1.29, 1.82) is 0 Å². The summed E-state index contributed by atoms with van der Waals surface area (Å²) in [5.41, 5.74) is 3.83. The van der Waals surface area contributed by atoms with Crippen LogP contribution in [0.15, 0.2) is 53.7 Å². The minimum atomic E-state index is -0.947. The van der Waals surface area contributed by atoms with Gasteiger partial charge in [0, 0.05) is 23.0 Å². The maximum absolute atomic E-state index is 11.3. The number of aliphatic carboxylic acids is 1. The number of rotatable bonds is 7. The molecule has 1 aliphatic rings. The minimum Gasteiger partial charge on any atom is -0.479 e. The standard InChI is InChI=1S/C20H20INO4/c1-2-25-19(20(23)24)11-13-4-3-5-15(10-13)17-12-18(26-22-17)14-6-8-16(21)9-7-14/h3-10,18-19H,2,11-12H2,1H3,(H,23,24)/t18?,19-/m0/s1. The van der Waals surface area contributed by atoms with Gasteiger partial charge >= 0.3 is 5.97 Å². The van der Waals surface area contributed by atoms with Crippen molar-refractivity contribution in [3.8, 4) is 0 Å². The van der Waals surface area contributed by atoms with Gasteiger partial charge in [0.15, 0.2) is 12.2 Å². The number of nitrogens with zero attached hydrogens (tertiary/aromatic N) is 1. The highest BCUT2D eigenvalue weighted by atomic mass is 127. The number of carbonyl (C=O) groups is 1. The fourth-order valence-electron chi connectivity index (χ4n) is 2.91. The largest absolute Gasteiger partial charge is 0.479 e. The molecule has 5 nitrogen and oxygen atoms in total. The van der Waals surface area contributed by atoms with Crippen LogP contribution in [0.5, 0.6) is 0 Å². The Morgan fingerprint density at radius 3 is 2.81 bits per heavy atom. The molecule has 1 aliphatic heterocycles. The smallest absolute Gasteiger partial charge is 0.333 e. The van der Waals surface area contributed by atoms with Gasteiger partial charge < -0.3 is 14.7 Å². The van der Waals surface area contributed by atoms with Crippen LogP contribution in [-0.4, -0.2) is 29.5 Å². The summed E-state index contributed by atoms with van der Waals surface area (Å²) in [6.45, 7) is 2.16. The third-order valence-corrected chi connectivity index (χ3v) is 4.95. The molecule has 1 unspecified atom stereocenters. The first-order valence-corrected chi connectivity index (χ1v) is 9.56. The molecular formula is C20H20INO4. The zero-order valence-corrected chi connectivity index (χ0v) is 16.5. The zero-order valence-electron chi connectivity index (χ0n) is 14.4. The number of carboxylic acid groups (broad SMARTS) is 1. The highest BCUT2D eigenvalue weighted by Crippen LogP contribution is 2.30. The molecule has 0 saturated heterocycles. The fraction of sp³-hybridized carbons (Fsp3) is 0.300. The van der Waals surface area contributed by atoms with Crippen LogP contribution in [0.1, 0.15) is 36.1 Å². The predicted octanol–water partition coefficient (Wildman–Crippen LogP) is 4.19. The van der Waals surface area contributed by atoms with Crippen LogP contribution >= 0.6 is 22.6 Å². The summed E-state index contributed by atoms with van der Waals surface area (Å²) in [6, 6.07) is 16.0. The average Bonchev–Trinajstić information content (AvgIpc) is 3.12. The second-order valence-electron chi connectivity index (χ2n) is 6.07. The molecule has 1 heterocycles. The van der Waals surface area contributed by atoms with E-state index in [1.54, 1.807) is 6.92 Å². The quantitative estimate of drug-likeness (QED) is 0.623. The molecule has 3 rings (SSSR count). The maximum atomic E-state index is 11.3. The molecule has 0 saturated carbocycles. The Hall–Kier alpha value is -1.93. The molecule has 136 valence electrons. The summed E-state index contributed by atoms with van der Waals surface area (Å²) < 4.78 is 6.48. The lowest BCUT2D eigenvalue weighted by Gasteiger charge is -2.13. The Bertz CT molecular complexity index is 804. The first kappa shape index (κ1) is 18.8. The van der Waals surface area contributed by atoms with Crippen LogP contribution < -0.4 is 0 Å². The van der Waals surface area contributed by atoms with Crippen LogP contribution in [-0.2, 0) is 20.8 Å². The van der Waals surface area contributed by atoms with E-state index in [1.807, 2.05) is 24.3 Å². The Balaban J connectivity index is 1.70. The third-order valence-electron chi connectivity index (χ3n) is 4.24. The molecule has 0 radical (unpaired) electrons. The lowest BCUT2D eigenvalue weighted by Crippen LogP contribution is -2.26. The minimum absolute atomic E-state index is 0.0825. The van der Waals surface area contributed by atoms with E-state index < -0.39 is 12.1 Å². The number of ether oxygens (including phenoxy) is 1. The van der Waals surface area contributed by atoms with E-state index in [0.717, 1.165) is 22.4 Å². The van der Waals surface area contributed by atoms with Crippen molar-refractivity contribution in [3.63, 3.8) is 0 Å². The molecule has 0 fully saturated rings.